The Labute approximate surface area is 143 Å². The first-order valence-electron chi connectivity index (χ1n) is 10.4. The summed E-state index contributed by atoms with van der Waals surface area (Å²) < 4.78 is 20.8. The quantitative estimate of drug-likeness (QED) is 0.437. The van der Waals surface area contributed by atoms with Gasteiger partial charge in [-0.2, -0.15) is 0 Å². The maximum absolute atomic E-state index is 15.2. The smallest absolute Gasteiger partial charge is 0.160 e. The molecule has 23 heavy (non-hydrogen) atoms. The second-order valence-electron chi connectivity index (χ2n) is 8.65. The van der Waals surface area contributed by atoms with Crippen LogP contribution in [0.5, 0.6) is 0 Å². The van der Waals surface area contributed by atoms with E-state index in [0.29, 0.717) is 6.61 Å². The van der Waals surface area contributed by atoms with Crippen molar-refractivity contribution >= 4 is 0 Å². The van der Waals surface area contributed by atoms with Crippen molar-refractivity contribution in [1.82, 2.24) is 0 Å². The van der Waals surface area contributed by atoms with Gasteiger partial charge in [0.2, 0.25) is 0 Å². The largest absolute Gasteiger partial charge is 0.371 e. The summed E-state index contributed by atoms with van der Waals surface area (Å²) in [5.74, 6) is 0. The molecule has 0 amide bonds. The summed E-state index contributed by atoms with van der Waals surface area (Å²) in [6.07, 6.45) is 18.4. The lowest BCUT2D eigenvalue weighted by Crippen LogP contribution is -2.57. The molecule has 1 saturated heterocycles. The minimum atomic E-state index is -1.02. The summed E-state index contributed by atoms with van der Waals surface area (Å²) >= 11 is 0. The van der Waals surface area contributed by atoms with Crippen molar-refractivity contribution in [2.75, 3.05) is 6.61 Å². The van der Waals surface area contributed by atoms with Gasteiger partial charge in [-0.15, -0.1) is 0 Å². The van der Waals surface area contributed by atoms with Crippen molar-refractivity contribution in [1.29, 1.82) is 0 Å². The van der Waals surface area contributed by atoms with E-state index in [1.54, 1.807) is 0 Å². The molecular formula is C21H39FO. The zero-order valence-electron chi connectivity index (χ0n) is 15.7. The molecule has 2 fully saturated rings. The van der Waals surface area contributed by atoms with Gasteiger partial charge in [0.15, 0.2) is 5.67 Å². The van der Waals surface area contributed by atoms with Gasteiger partial charge >= 0.3 is 0 Å². The van der Waals surface area contributed by atoms with Gasteiger partial charge < -0.3 is 4.74 Å². The first-order chi connectivity index (χ1) is 11.1. The van der Waals surface area contributed by atoms with Crippen LogP contribution in [-0.2, 0) is 4.74 Å². The van der Waals surface area contributed by atoms with Gasteiger partial charge in [-0.1, -0.05) is 84.5 Å². The van der Waals surface area contributed by atoms with Crippen LogP contribution in [0.3, 0.4) is 0 Å². The lowest BCUT2D eigenvalue weighted by molar-refractivity contribution is -0.215. The van der Waals surface area contributed by atoms with Crippen molar-refractivity contribution < 1.29 is 9.13 Å². The molecule has 0 N–H and O–H groups in total. The van der Waals surface area contributed by atoms with Crippen molar-refractivity contribution in [3.63, 3.8) is 0 Å². The molecule has 1 heterocycles. The standard InChI is InChI=1S/C21H39FO/c1-3-4-5-6-7-9-12-15-20(2)16-13-10-8-11-14-19-21(22,17-20)18-23-19/h19H,3-18H2,1-2H3. The Hall–Kier alpha value is -0.110. The average Bonchev–Trinajstić information content (AvgIpc) is 2.51. The van der Waals surface area contributed by atoms with Crippen LogP contribution < -0.4 is 0 Å². The van der Waals surface area contributed by atoms with Crippen molar-refractivity contribution in [2.24, 2.45) is 5.41 Å². The number of ether oxygens (including phenoxy) is 1. The van der Waals surface area contributed by atoms with E-state index in [0.717, 1.165) is 19.3 Å². The fourth-order valence-electron chi connectivity index (χ4n) is 4.64. The number of unbranched alkanes of at least 4 members (excludes halogenated alkanes) is 6. The van der Waals surface area contributed by atoms with E-state index in [9.17, 15) is 0 Å². The van der Waals surface area contributed by atoms with Crippen LogP contribution in [0.4, 0.5) is 4.39 Å². The zero-order valence-corrected chi connectivity index (χ0v) is 15.7. The highest BCUT2D eigenvalue weighted by molar-refractivity contribution is 5.00. The fourth-order valence-corrected chi connectivity index (χ4v) is 4.64. The number of halogens is 1. The fraction of sp³-hybridized carbons (Fsp3) is 1.00. The minimum absolute atomic E-state index is 0.103. The van der Waals surface area contributed by atoms with Crippen LogP contribution in [0.1, 0.15) is 110 Å². The second kappa shape index (κ2) is 9.39. The third-order valence-corrected chi connectivity index (χ3v) is 6.20. The van der Waals surface area contributed by atoms with Crippen molar-refractivity contribution in [2.45, 2.75) is 122 Å². The number of alkyl halides is 1. The third kappa shape index (κ3) is 6.03. The average molecular weight is 327 g/mol. The Morgan fingerprint density at radius 2 is 1.65 bits per heavy atom. The number of hydrogen-bond acceptors (Lipinski definition) is 1. The molecular weight excluding hydrogens is 287 g/mol. The Kier molecular flexibility index (Phi) is 7.85. The van der Waals surface area contributed by atoms with E-state index in [2.05, 4.69) is 13.8 Å². The molecule has 0 radical (unpaired) electrons. The van der Waals surface area contributed by atoms with Gasteiger partial charge in [-0.25, -0.2) is 4.39 Å². The summed E-state index contributed by atoms with van der Waals surface area (Å²) in [5.41, 5.74) is -0.829. The molecule has 1 nitrogen and oxygen atoms in total. The van der Waals surface area contributed by atoms with E-state index >= 15 is 4.39 Å². The summed E-state index contributed by atoms with van der Waals surface area (Å²) in [6, 6.07) is 0. The first-order valence-corrected chi connectivity index (χ1v) is 10.4. The SMILES string of the molecule is CCCCCCCCCC1(C)CCCCCCC2OCC2(F)C1. The molecule has 3 atom stereocenters. The van der Waals surface area contributed by atoms with E-state index < -0.39 is 5.67 Å². The lowest BCUT2D eigenvalue weighted by Gasteiger charge is -2.48. The van der Waals surface area contributed by atoms with Gasteiger partial charge in [0.1, 0.15) is 0 Å². The Morgan fingerprint density at radius 1 is 0.957 bits per heavy atom. The predicted octanol–water partition coefficient (Wildman–Crippen LogP) is 6.98. The van der Waals surface area contributed by atoms with E-state index in [1.165, 1.54) is 77.0 Å². The highest BCUT2D eigenvalue weighted by Gasteiger charge is 2.52. The van der Waals surface area contributed by atoms with Gasteiger partial charge in [0, 0.05) is 0 Å². The van der Waals surface area contributed by atoms with Crippen LogP contribution in [0.15, 0.2) is 0 Å². The molecule has 136 valence electrons. The minimum Gasteiger partial charge on any atom is -0.371 e. The van der Waals surface area contributed by atoms with Gasteiger partial charge in [0.25, 0.3) is 0 Å². The number of fused-ring (bicyclic) bond motifs is 1. The molecule has 2 heteroatoms. The Morgan fingerprint density at radius 3 is 2.35 bits per heavy atom. The zero-order chi connectivity index (χ0) is 16.6. The Balaban J connectivity index is 1.76. The molecule has 0 spiro atoms. The van der Waals surface area contributed by atoms with Crippen molar-refractivity contribution in [3.8, 4) is 0 Å². The monoisotopic (exact) mass is 326 g/mol. The number of rotatable bonds is 8. The predicted molar refractivity (Wildman–Crippen MR) is 96.6 cm³/mol. The molecule has 3 unspecified atom stereocenters. The summed E-state index contributed by atoms with van der Waals surface area (Å²) in [5, 5.41) is 0. The molecule has 2 rings (SSSR count). The first kappa shape index (κ1) is 19.2. The van der Waals surface area contributed by atoms with Gasteiger partial charge in [-0.05, 0) is 31.1 Å². The van der Waals surface area contributed by atoms with Crippen LogP contribution >= 0.6 is 0 Å². The number of hydrogen-bond donors (Lipinski definition) is 0. The highest BCUT2D eigenvalue weighted by Crippen LogP contribution is 2.47. The molecule has 0 bridgehead atoms. The molecule has 1 aliphatic carbocycles. The maximum atomic E-state index is 15.2. The normalized spacial score (nSPS) is 35.3. The van der Waals surface area contributed by atoms with Crippen LogP contribution in [0, 0.1) is 5.41 Å². The molecule has 0 aromatic carbocycles. The molecule has 1 saturated carbocycles. The van der Waals surface area contributed by atoms with Crippen LogP contribution in [0.2, 0.25) is 0 Å². The topological polar surface area (TPSA) is 9.23 Å². The molecule has 0 aromatic heterocycles. The Bertz CT molecular complexity index is 332. The van der Waals surface area contributed by atoms with Crippen LogP contribution in [0.25, 0.3) is 0 Å². The summed E-state index contributed by atoms with van der Waals surface area (Å²) in [6.45, 7) is 4.97. The van der Waals surface area contributed by atoms with E-state index in [4.69, 9.17) is 4.74 Å². The van der Waals surface area contributed by atoms with Gasteiger partial charge in [0.05, 0.1) is 12.7 Å². The summed E-state index contributed by atoms with van der Waals surface area (Å²) in [4.78, 5) is 0. The van der Waals surface area contributed by atoms with E-state index in [-0.39, 0.29) is 11.5 Å². The highest BCUT2D eigenvalue weighted by atomic mass is 19.1. The summed E-state index contributed by atoms with van der Waals surface area (Å²) in [7, 11) is 0. The third-order valence-electron chi connectivity index (χ3n) is 6.20. The second-order valence-corrected chi connectivity index (χ2v) is 8.65. The lowest BCUT2D eigenvalue weighted by atomic mass is 9.69. The molecule has 2 aliphatic rings. The maximum Gasteiger partial charge on any atom is 0.160 e. The van der Waals surface area contributed by atoms with Gasteiger partial charge in [-0.3, -0.25) is 0 Å². The molecule has 0 aromatic rings. The van der Waals surface area contributed by atoms with Crippen LogP contribution in [-0.4, -0.2) is 18.4 Å². The van der Waals surface area contributed by atoms with E-state index in [1.807, 2.05) is 0 Å². The van der Waals surface area contributed by atoms with Crippen molar-refractivity contribution in [3.05, 3.63) is 0 Å². The molecule has 1 aliphatic heterocycles.